The molecule has 0 spiro atoms. The van der Waals surface area contributed by atoms with E-state index in [0.717, 1.165) is 13.0 Å². The van der Waals surface area contributed by atoms with E-state index in [1.165, 1.54) is 0 Å². The van der Waals surface area contributed by atoms with Crippen LogP contribution in [0.3, 0.4) is 0 Å². The second kappa shape index (κ2) is 14.2. The molecule has 180 valence electrons. The fraction of sp³-hybridized carbons (Fsp3) is 0.348. The second-order valence-electron chi connectivity index (χ2n) is 6.95. The van der Waals surface area contributed by atoms with Gasteiger partial charge in [0.2, 0.25) is 6.10 Å². The van der Waals surface area contributed by atoms with E-state index >= 15 is 0 Å². The Morgan fingerprint density at radius 1 is 1.06 bits per heavy atom. The number of carboxylic acid groups (broad SMARTS) is 3. The Morgan fingerprint density at radius 3 is 2.03 bits per heavy atom. The number of benzene rings is 1. The summed E-state index contributed by atoms with van der Waals surface area (Å²) in [5.41, 5.74) is -1.43. The molecule has 0 bridgehead atoms. The smallest absolute Gasteiger partial charge is 0.349 e. The van der Waals surface area contributed by atoms with Crippen molar-refractivity contribution in [3.63, 3.8) is 0 Å². The van der Waals surface area contributed by atoms with Gasteiger partial charge in [0.25, 0.3) is 0 Å². The highest BCUT2D eigenvalue weighted by Gasteiger charge is 2.41. The second-order valence-corrected chi connectivity index (χ2v) is 6.95. The zero-order chi connectivity index (χ0) is 25.6. The number of rotatable bonds is 12. The van der Waals surface area contributed by atoms with Crippen molar-refractivity contribution in [2.24, 2.45) is 5.41 Å². The molecule has 0 aromatic heterocycles. The number of carbonyl (C=O) groups is 5. The Morgan fingerprint density at radius 2 is 1.61 bits per heavy atom. The molecule has 3 N–H and O–H groups in total. The van der Waals surface area contributed by atoms with Crippen molar-refractivity contribution in [3.8, 4) is 0 Å². The largest absolute Gasteiger partial charge is 0.480 e. The van der Waals surface area contributed by atoms with Crippen LogP contribution in [0.15, 0.2) is 55.1 Å². The molecule has 0 fully saturated rings. The highest BCUT2D eigenvalue weighted by molar-refractivity contribution is 5.98. The third kappa shape index (κ3) is 9.81. The maximum absolute atomic E-state index is 11.3. The minimum Gasteiger partial charge on any atom is -0.480 e. The fourth-order valence-corrected chi connectivity index (χ4v) is 2.16. The Labute approximate surface area is 191 Å². The standard InChI is InChI=1S/C12H18O6.C11H10O4/c1-4-7-18-9(13)8(2)5-6-12(3,10(14)15)11(16)17;1-2-9(12)15-10(11(13)14)8-6-4-3-5-7-8/h2,4-7H2,1,3H3,(H,14,15)(H,16,17);2-7,10H,1H2,(H,13,14). The van der Waals surface area contributed by atoms with Gasteiger partial charge >= 0.3 is 29.8 Å². The summed E-state index contributed by atoms with van der Waals surface area (Å²) >= 11 is 0. The average molecular weight is 464 g/mol. The lowest BCUT2D eigenvalue weighted by atomic mass is 9.84. The van der Waals surface area contributed by atoms with Gasteiger partial charge in [-0.05, 0) is 26.2 Å². The first-order chi connectivity index (χ1) is 15.4. The lowest BCUT2D eigenvalue weighted by Crippen LogP contribution is -2.36. The Bertz CT molecular complexity index is 858. The van der Waals surface area contributed by atoms with Gasteiger partial charge in [-0.3, -0.25) is 9.59 Å². The molecular weight excluding hydrogens is 436 g/mol. The van der Waals surface area contributed by atoms with Gasteiger partial charge in [0.1, 0.15) is 0 Å². The lowest BCUT2D eigenvalue weighted by Gasteiger charge is -2.19. The molecule has 0 heterocycles. The number of esters is 2. The first-order valence-electron chi connectivity index (χ1n) is 9.83. The van der Waals surface area contributed by atoms with Crippen LogP contribution in [0.2, 0.25) is 0 Å². The van der Waals surface area contributed by atoms with E-state index in [2.05, 4.69) is 13.2 Å². The maximum Gasteiger partial charge on any atom is 0.349 e. The molecule has 0 saturated carbocycles. The average Bonchev–Trinajstić information content (AvgIpc) is 2.79. The van der Waals surface area contributed by atoms with Crippen LogP contribution in [0.25, 0.3) is 0 Å². The number of ether oxygens (including phenoxy) is 2. The van der Waals surface area contributed by atoms with Crippen LogP contribution in [0.1, 0.15) is 44.8 Å². The molecule has 10 nitrogen and oxygen atoms in total. The summed E-state index contributed by atoms with van der Waals surface area (Å²) in [4.78, 5) is 54.9. The highest BCUT2D eigenvalue weighted by atomic mass is 16.6. The summed E-state index contributed by atoms with van der Waals surface area (Å²) in [6, 6.07) is 8.25. The summed E-state index contributed by atoms with van der Waals surface area (Å²) in [6.07, 6.45) is 0.0756. The summed E-state index contributed by atoms with van der Waals surface area (Å²) in [5, 5.41) is 26.6. The van der Waals surface area contributed by atoms with Crippen molar-refractivity contribution in [2.45, 2.75) is 39.2 Å². The van der Waals surface area contributed by atoms with Gasteiger partial charge in [0, 0.05) is 17.2 Å². The van der Waals surface area contributed by atoms with Gasteiger partial charge in [0.05, 0.1) is 6.61 Å². The van der Waals surface area contributed by atoms with Gasteiger partial charge in [-0.25, -0.2) is 14.4 Å². The molecule has 1 atom stereocenters. The zero-order valence-corrected chi connectivity index (χ0v) is 18.5. The molecule has 0 amide bonds. The van der Waals surface area contributed by atoms with Gasteiger partial charge in [-0.15, -0.1) is 0 Å². The monoisotopic (exact) mass is 464 g/mol. The molecule has 1 aromatic rings. The Kier molecular flexibility index (Phi) is 12.5. The molecule has 1 rings (SSSR count). The van der Waals surface area contributed by atoms with E-state index in [1.54, 1.807) is 30.3 Å². The first-order valence-corrected chi connectivity index (χ1v) is 9.83. The quantitative estimate of drug-likeness (QED) is 0.238. The topological polar surface area (TPSA) is 164 Å². The van der Waals surface area contributed by atoms with Gasteiger partial charge in [0.15, 0.2) is 5.41 Å². The van der Waals surface area contributed by atoms with Gasteiger partial charge in [-0.2, -0.15) is 0 Å². The summed E-state index contributed by atoms with van der Waals surface area (Å²) < 4.78 is 9.50. The molecule has 0 radical (unpaired) electrons. The van der Waals surface area contributed by atoms with E-state index < -0.39 is 41.4 Å². The van der Waals surface area contributed by atoms with Crippen LogP contribution in [-0.2, 0) is 33.4 Å². The van der Waals surface area contributed by atoms with Crippen LogP contribution >= 0.6 is 0 Å². The molecule has 0 aliphatic carbocycles. The lowest BCUT2D eigenvalue weighted by molar-refractivity contribution is -0.164. The van der Waals surface area contributed by atoms with Crippen molar-refractivity contribution in [3.05, 3.63) is 60.7 Å². The summed E-state index contributed by atoms with van der Waals surface area (Å²) in [5.74, 6) is -5.47. The maximum atomic E-state index is 11.3. The minimum absolute atomic E-state index is 0.0301. The van der Waals surface area contributed by atoms with Crippen LogP contribution in [0.4, 0.5) is 0 Å². The van der Waals surface area contributed by atoms with Crippen LogP contribution < -0.4 is 0 Å². The molecule has 0 saturated heterocycles. The SMILES string of the molecule is C=C(CCC(C)(C(=O)O)C(=O)O)C(=O)OCCC.C=CC(=O)OC(C(=O)O)c1ccccc1. The number of hydrogen-bond acceptors (Lipinski definition) is 7. The first kappa shape index (κ1) is 29.1. The fourth-order valence-electron chi connectivity index (χ4n) is 2.16. The van der Waals surface area contributed by atoms with Crippen molar-refractivity contribution in [1.82, 2.24) is 0 Å². The van der Waals surface area contributed by atoms with E-state index in [0.29, 0.717) is 12.0 Å². The summed E-state index contributed by atoms with van der Waals surface area (Å²) in [6.45, 7) is 9.86. The molecule has 0 aliphatic rings. The Hall–Kier alpha value is -3.95. The van der Waals surface area contributed by atoms with Crippen LogP contribution in [0, 0.1) is 5.41 Å². The Balaban J connectivity index is 0.000000629. The normalized spacial score (nSPS) is 11.1. The third-order valence-electron chi connectivity index (χ3n) is 4.32. The van der Waals surface area contributed by atoms with E-state index in [1.807, 2.05) is 6.92 Å². The molecule has 33 heavy (non-hydrogen) atoms. The predicted molar refractivity (Wildman–Crippen MR) is 116 cm³/mol. The van der Waals surface area contributed by atoms with Gasteiger partial charge < -0.3 is 24.8 Å². The molecule has 10 heteroatoms. The number of hydrogen-bond donors (Lipinski definition) is 3. The minimum atomic E-state index is -1.92. The molecular formula is C23H28O10. The van der Waals surface area contributed by atoms with Crippen molar-refractivity contribution < 1.29 is 48.8 Å². The van der Waals surface area contributed by atoms with Crippen molar-refractivity contribution in [2.75, 3.05) is 6.61 Å². The van der Waals surface area contributed by atoms with Crippen LogP contribution in [-0.4, -0.2) is 51.8 Å². The molecule has 1 unspecified atom stereocenters. The van der Waals surface area contributed by atoms with E-state index in [4.69, 9.17) is 24.8 Å². The van der Waals surface area contributed by atoms with Gasteiger partial charge in [-0.1, -0.05) is 50.4 Å². The van der Waals surface area contributed by atoms with E-state index in [9.17, 15) is 24.0 Å². The van der Waals surface area contributed by atoms with Crippen molar-refractivity contribution in [1.29, 1.82) is 0 Å². The van der Waals surface area contributed by atoms with Crippen molar-refractivity contribution >= 4 is 29.8 Å². The third-order valence-corrected chi connectivity index (χ3v) is 4.32. The number of aliphatic carboxylic acids is 3. The summed E-state index contributed by atoms with van der Waals surface area (Å²) in [7, 11) is 0. The molecule has 0 aliphatic heterocycles. The predicted octanol–water partition coefficient (Wildman–Crippen LogP) is 2.99. The van der Waals surface area contributed by atoms with E-state index in [-0.39, 0.29) is 25.0 Å². The molecule has 1 aromatic carbocycles. The number of carbonyl (C=O) groups excluding carboxylic acids is 2. The number of carboxylic acids is 3. The van der Waals surface area contributed by atoms with Crippen LogP contribution in [0.5, 0.6) is 0 Å². The zero-order valence-electron chi connectivity index (χ0n) is 18.5. The highest BCUT2D eigenvalue weighted by Crippen LogP contribution is 2.26.